The number of aromatic nitrogens is 1. The Morgan fingerprint density at radius 2 is 1.79 bits per heavy atom. The van der Waals surface area contributed by atoms with E-state index >= 15 is 0 Å². The van der Waals surface area contributed by atoms with Crippen molar-refractivity contribution in [3.8, 4) is 5.88 Å². The molecule has 0 radical (unpaired) electrons. The third-order valence-corrected chi connectivity index (χ3v) is 7.07. The van der Waals surface area contributed by atoms with Gasteiger partial charge in [0.2, 0.25) is 0 Å². The van der Waals surface area contributed by atoms with E-state index in [0.29, 0.717) is 35.8 Å². The van der Waals surface area contributed by atoms with Crippen molar-refractivity contribution in [1.82, 2.24) is 14.8 Å². The van der Waals surface area contributed by atoms with Crippen LogP contribution in [0.1, 0.15) is 38.3 Å². The first-order valence-electron chi connectivity index (χ1n) is 12.7. The normalized spacial score (nSPS) is 21.2. The van der Waals surface area contributed by atoms with Gasteiger partial charge in [0.25, 0.3) is 5.91 Å². The van der Waals surface area contributed by atoms with Crippen LogP contribution in [0.3, 0.4) is 0 Å². The molecule has 10 nitrogen and oxygen atoms in total. The van der Waals surface area contributed by atoms with E-state index in [9.17, 15) is 14.7 Å². The number of hydrogen-bond donors (Lipinski definition) is 2. The summed E-state index contributed by atoms with van der Waals surface area (Å²) in [5, 5.41) is 15.8. The molecular formula is C28H29N5O5. The summed E-state index contributed by atoms with van der Waals surface area (Å²) in [5.41, 5.74) is 3.14. The van der Waals surface area contributed by atoms with Crippen molar-refractivity contribution in [3.63, 3.8) is 0 Å². The van der Waals surface area contributed by atoms with E-state index in [-0.39, 0.29) is 36.6 Å². The number of rotatable bonds is 4. The molecule has 2 saturated heterocycles. The molecule has 2 bridgehead atoms. The lowest BCUT2D eigenvalue weighted by molar-refractivity contribution is -0.138. The smallest absolute Gasteiger partial charge is 0.410 e. The average Bonchev–Trinajstić information content (AvgIpc) is 3.63. The predicted octanol–water partition coefficient (Wildman–Crippen LogP) is 3.95. The summed E-state index contributed by atoms with van der Waals surface area (Å²) >= 11 is 0. The van der Waals surface area contributed by atoms with E-state index < -0.39 is 5.60 Å². The average molecular weight is 516 g/mol. The van der Waals surface area contributed by atoms with Crippen LogP contribution in [0.4, 0.5) is 10.5 Å². The molecule has 0 unspecified atom stereocenters. The van der Waals surface area contributed by atoms with Crippen LogP contribution >= 0.6 is 0 Å². The molecule has 2 amide bonds. The molecule has 0 aliphatic carbocycles. The highest BCUT2D eigenvalue weighted by Crippen LogP contribution is 2.36. The predicted molar refractivity (Wildman–Crippen MR) is 142 cm³/mol. The highest BCUT2D eigenvalue weighted by Gasteiger charge is 2.48. The van der Waals surface area contributed by atoms with E-state index in [2.05, 4.69) is 10.1 Å². The molecule has 1 aromatic heterocycles. The lowest BCUT2D eigenvalue weighted by atomic mass is 10.0. The number of hydrogen-bond acceptors (Lipinski definition) is 7. The minimum Gasteiger partial charge on any atom is -0.494 e. The number of H-pyrrole nitrogens is 1. The number of aromatic hydroxyl groups is 1. The molecule has 3 aliphatic heterocycles. The first-order valence-corrected chi connectivity index (χ1v) is 12.7. The number of likely N-dealkylation sites (tertiary alicyclic amines) is 2. The first kappa shape index (κ1) is 24.0. The monoisotopic (exact) mass is 515 g/mol. The Kier molecular flexibility index (Phi) is 5.62. The van der Waals surface area contributed by atoms with Gasteiger partial charge in [-0.15, -0.1) is 0 Å². The summed E-state index contributed by atoms with van der Waals surface area (Å²) in [6, 6.07) is 14.9. The molecule has 4 heterocycles. The number of amides is 2. The van der Waals surface area contributed by atoms with Gasteiger partial charge in [-0.05, 0) is 39.3 Å². The number of carbonyl (C=O) groups is 2. The molecule has 2 atom stereocenters. The fraction of sp³-hybridized carbons (Fsp3) is 0.357. The second-order valence-electron chi connectivity index (χ2n) is 10.8. The van der Waals surface area contributed by atoms with Gasteiger partial charge < -0.3 is 29.5 Å². The van der Waals surface area contributed by atoms with Crippen LogP contribution in [0.15, 0.2) is 58.7 Å². The molecule has 2 fully saturated rings. The molecule has 6 rings (SSSR count). The number of oxime groups is 1. The fourth-order valence-electron chi connectivity index (χ4n) is 5.46. The Bertz CT molecular complexity index is 1500. The van der Waals surface area contributed by atoms with Crippen molar-refractivity contribution < 1.29 is 24.3 Å². The van der Waals surface area contributed by atoms with Gasteiger partial charge in [0, 0.05) is 29.6 Å². The summed E-state index contributed by atoms with van der Waals surface area (Å²) in [4.78, 5) is 42.3. The lowest BCUT2D eigenvalue weighted by Gasteiger charge is -2.35. The zero-order chi connectivity index (χ0) is 26.6. The van der Waals surface area contributed by atoms with Crippen molar-refractivity contribution in [2.24, 2.45) is 10.1 Å². The van der Waals surface area contributed by atoms with Crippen molar-refractivity contribution in [2.75, 3.05) is 19.7 Å². The number of aromatic amines is 1. The van der Waals surface area contributed by atoms with Crippen molar-refractivity contribution in [2.45, 2.75) is 44.9 Å². The highest BCUT2D eigenvalue weighted by molar-refractivity contribution is 6.58. The third kappa shape index (κ3) is 4.15. The Labute approximate surface area is 219 Å². The molecule has 38 heavy (non-hydrogen) atoms. The lowest BCUT2D eigenvalue weighted by Crippen LogP contribution is -2.52. The van der Waals surface area contributed by atoms with E-state index in [1.165, 1.54) is 0 Å². The van der Waals surface area contributed by atoms with Crippen molar-refractivity contribution in [3.05, 3.63) is 59.7 Å². The minimum absolute atomic E-state index is 0.0100. The quantitative estimate of drug-likeness (QED) is 0.510. The summed E-state index contributed by atoms with van der Waals surface area (Å²) < 4.78 is 5.51. The molecule has 3 aliphatic rings. The Hall–Kier alpha value is -4.34. The van der Waals surface area contributed by atoms with Gasteiger partial charge in [-0.2, -0.15) is 0 Å². The maximum Gasteiger partial charge on any atom is 0.410 e. The molecule has 10 heteroatoms. The molecular weight excluding hydrogens is 486 g/mol. The zero-order valence-electron chi connectivity index (χ0n) is 21.5. The SMILES string of the molecule is CC(C)(C)OC(=O)N1C[C@@H]2C[C@H]1CN2C(=O)CON=C1C(c2c(O)[nH]c3ccccc23)=Nc2ccccc21. The van der Waals surface area contributed by atoms with E-state index in [1.54, 1.807) is 9.80 Å². The van der Waals surface area contributed by atoms with Crippen LogP contribution in [-0.2, 0) is 14.4 Å². The number of piperazine rings is 1. The molecule has 196 valence electrons. The van der Waals surface area contributed by atoms with Gasteiger partial charge in [0.15, 0.2) is 12.5 Å². The fourth-order valence-corrected chi connectivity index (χ4v) is 5.46. The van der Waals surface area contributed by atoms with Crippen LogP contribution in [0, 0.1) is 0 Å². The molecule has 2 N–H and O–H groups in total. The standard InChI is InChI=1S/C28H29N5O5/c1-28(2,3)38-27(36)33-14-16-12-17(33)13-32(16)22(34)15-37-31-24-19-9-5-7-11-21(19)29-25(24)23-18-8-4-6-10-20(18)30-26(23)35/h4-11,16-17,30,35H,12-15H2,1-3H3/t16-,17-/m0/s1. The van der Waals surface area contributed by atoms with Crippen LogP contribution < -0.4 is 0 Å². The topological polar surface area (TPSA) is 120 Å². The molecule has 0 saturated carbocycles. The number of fused-ring (bicyclic) bond motifs is 4. The highest BCUT2D eigenvalue weighted by atomic mass is 16.6. The van der Waals surface area contributed by atoms with Crippen LogP contribution in [0.2, 0.25) is 0 Å². The van der Waals surface area contributed by atoms with Gasteiger partial charge in [-0.1, -0.05) is 41.6 Å². The molecule has 0 spiro atoms. The number of para-hydroxylation sites is 2. The number of nitrogens with zero attached hydrogens (tertiary/aromatic N) is 4. The van der Waals surface area contributed by atoms with Gasteiger partial charge >= 0.3 is 6.09 Å². The van der Waals surface area contributed by atoms with Gasteiger partial charge in [-0.25, -0.2) is 9.79 Å². The van der Waals surface area contributed by atoms with Crippen LogP contribution in [-0.4, -0.2) is 80.7 Å². The minimum atomic E-state index is -0.564. The Balaban J connectivity index is 1.17. The number of aliphatic imine (C=N–C) groups is 1. The maximum absolute atomic E-state index is 13.0. The summed E-state index contributed by atoms with van der Waals surface area (Å²) in [6.07, 6.45) is 0.385. The van der Waals surface area contributed by atoms with Crippen LogP contribution in [0.5, 0.6) is 5.88 Å². The number of benzene rings is 2. The van der Waals surface area contributed by atoms with Crippen molar-refractivity contribution in [1.29, 1.82) is 0 Å². The number of ether oxygens (including phenoxy) is 1. The van der Waals surface area contributed by atoms with Gasteiger partial charge in [0.05, 0.1) is 23.3 Å². The Morgan fingerprint density at radius 3 is 2.55 bits per heavy atom. The Morgan fingerprint density at radius 1 is 1.08 bits per heavy atom. The number of carbonyl (C=O) groups excluding carboxylic acids is 2. The van der Waals surface area contributed by atoms with Crippen LogP contribution in [0.25, 0.3) is 10.9 Å². The molecule has 3 aromatic rings. The first-order chi connectivity index (χ1) is 18.2. The summed E-state index contributed by atoms with van der Waals surface area (Å²) in [7, 11) is 0. The third-order valence-electron chi connectivity index (χ3n) is 7.07. The van der Waals surface area contributed by atoms with Gasteiger partial charge in [0.1, 0.15) is 17.0 Å². The largest absolute Gasteiger partial charge is 0.494 e. The van der Waals surface area contributed by atoms with Gasteiger partial charge in [-0.3, -0.25) is 4.79 Å². The summed E-state index contributed by atoms with van der Waals surface area (Å²) in [6.45, 7) is 6.17. The van der Waals surface area contributed by atoms with Crippen molar-refractivity contribution >= 4 is 40.0 Å². The van der Waals surface area contributed by atoms with E-state index in [1.807, 2.05) is 69.3 Å². The van der Waals surface area contributed by atoms with E-state index in [0.717, 1.165) is 22.9 Å². The second-order valence-corrected chi connectivity index (χ2v) is 10.8. The summed E-state index contributed by atoms with van der Waals surface area (Å²) in [5.74, 6) is -0.199. The molecule has 2 aromatic carbocycles. The number of nitrogens with one attached hydrogen (secondary N) is 1. The zero-order valence-corrected chi connectivity index (χ0v) is 21.5. The second kappa shape index (κ2) is 8.90. The maximum atomic E-state index is 13.0. The van der Waals surface area contributed by atoms with E-state index in [4.69, 9.17) is 14.6 Å².